The van der Waals surface area contributed by atoms with Crippen molar-refractivity contribution < 1.29 is 4.79 Å². The van der Waals surface area contributed by atoms with Gasteiger partial charge in [0.1, 0.15) is 0 Å². The van der Waals surface area contributed by atoms with Crippen LogP contribution in [0.15, 0.2) is 24.3 Å². The summed E-state index contributed by atoms with van der Waals surface area (Å²) >= 11 is 0. The summed E-state index contributed by atoms with van der Waals surface area (Å²) in [5.74, 6) is 2.57. The molecule has 20 heavy (non-hydrogen) atoms. The van der Waals surface area contributed by atoms with Crippen molar-refractivity contribution in [1.29, 1.82) is 0 Å². The second kappa shape index (κ2) is 6.08. The zero-order valence-electron chi connectivity index (χ0n) is 12.1. The summed E-state index contributed by atoms with van der Waals surface area (Å²) in [5, 5.41) is 6.25. The molecule has 1 aromatic rings. The van der Waals surface area contributed by atoms with E-state index >= 15 is 0 Å². The number of nitrogens with zero attached hydrogens (tertiary/aromatic N) is 1. The van der Waals surface area contributed by atoms with Gasteiger partial charge < -0.3 is 10.6 Å². The van der Waals surface area contributed by atoms with Crippen LogP contribution in [-0.4, -0.2) is 42.5 Å². The first-order valence-corrected chi connectivity index (χ1v) is 6.88. The fourth-order valence-electron chi connectivity index (χ4n) is 2.34. The third-order valence-electron chi connectivity index (χ3n) is 3.75. The molecule has 1 heterocycles. The van der Waals surface area contributed by atoms with Crippen LogP contribution >= 0.6 is 0 Å². The maximum absolute atomic E-state index is 12.5. The molecule has 1 saturated heterocycles. The molecular weight excluding hydrogens is 250 g/mol. The van der Waals surface area contributed by atoms with Crippen molar-refractivity contribution in [1.82, 2.24) is 10.2 Å². The van der Waals surface area contributed by atoms with Gasteiger partial charge in [-0.15, -0.1) is 6.42 Å². The number of hydrogen-bond donors (Lipinski definition) is 2. The van der Waals surface area contributed by atoms with Gasteiger partial charge in [-0.25, -0.2) is 0 Å². The summed E-state index contributed by atoms with van der Waals surface area (Å²) in [6.45, 7) is 7.51. The number of anilines is 1. The van der Waals surface area contributed by atoms with Crippen molar-refractivity contribution in [2.75, 3.05) is 31.5 Å². The van der Waals surface area contributed by atoms with Gasteiger partial charge in [0.2, 0.25) is 5.91 Å². The minimum Gasteiger partial charge on any atom is -0.324 e. The van der Waals surface area contributed by atoms with Gasteiger partial charge in [-0.1, -0.05) is 12.0 Å². The molecular formula is C16H21N3O. The maximum Gasteiger partial charge on any atom is 0.244 e. The van der Waals surface area contributed by atoms with E-state index in [1.165, 1.54) is 0 Å². The second-order valence-corrected chi connectivity index (χ2v) is 5.48. The van der Waals surface area contributed by atoms with Crippen molar-refractivity contribution in [2.45, 2.75) is 19.4 Å². The average Bonchev–Trinajstić information content (AvgIpc) is 2.48. The van der Waals surface area contributed by atoms with E-state index in [1.807, 2.05) is 38.1 Å². The molecule has 1 amide bonds. The summed E-state index contributed by atoms with van der Waals surface area (Å²) in [5.41, 5.74) is 0.977. The molecule has 0 unspecified atom stereocenters. The molecule has 0 radical (unpaired) electrons. The van der Waals surface area contributed by atoms with Gasteiger partial charge in [0.15, 0.2) is 0 Å². The summed E-state index contributed by atoms with van der Waals surface area (Å²) in [7, 11) is 0. The first kappa shape index (κ1) is 14.6. The fourth-order valence-corrected chi connectivity index (χ4v) is 2.34. The summed E-state index contributed by atoms with van der Waals surface area (Å²) in [6, 6.07) is 7.36. The second-order valence-electron chi connectivity index (χ2n) is 5.48. The molecule has 0 bridgehead atoms. The molecule has 1 fully saturated rings. The molecule has 1 aliphatic rings. The number of piperazine rings is 1. The Hall–Kier alpha value is -1.83. The number of carbonyl (C=O) groups excluding carboxylic acids is 1. The Bertz CT molecular complexity index is 525. The van der Waals surface area contributed by atoms with Gasteiger partial charge in [-0.3, -0.25) is 9.69 Å². The highest BCUT2D eigenvalue weighted by atomic mass is 16.2. The van der Waals surface area contributed by atoms with Gasteiger partial charge in [0.05, 0.1) is 5.54 Å². The highest BCUT2D eigenvalue weighted by Gasteiger charge is 2.35. The monoisotopic (exact) mass is 271 g/mol. The lowest BCUT2D eigenvalue weighted by atomic mass is 10.00. The number of terminal acetylenes is 1. The fraction of sp³-hybridized carbons (Fsp3) is 0.438. The van der Waals surface area contributed by atoms with Crippen LogP contribution in [0.25, 0.3) is 0 Å². The molecule has 1 aromatic carbocycles. The minimum absolute atomic E-state index is 0.00595. The number of benzene rings is 1. The van der Waals surface area contributed by atoms with Gasteiger partial charge in [-0.05, 0) is 32.0 Å². The van der Waals surface area contributed by atoms with Crippen LogP contribution in [0.4, 0.5) is 5.69 Å². The van der Waals surface area contributed by atoms with E-state index in [9.17, 15) is 4.79 Å². The van der Waals surface area contributed by atoms with E-state index < -0.39 is 5.54 Å². The number of nitrogens with one attached hydrogen (secondary N) is 2. The summed E-state index contributed by atoms with van der Waals surface area (Å²) < 4.78 is 0. The predicted octanol–water partition coefficient (Wildman–Crippen LogP) is 1.29. The molecule has 4 nitrogen and oxygen atoms in total. The van der Waals surface area contributed by atoms with Crippen molar-refractivity contribution in [3.05, 3.63) is 29.8 Å². The van der Waals surface area contributed by atoms with E-state index in [4.69, 9.17) is 6.42 Å². The summed E-state index contributed by atoms with van der Waals surface area (Å²) in [6.07, 6.45) is 5.37. The number of amides is 1. The van der Waals surface area contributed by atoms with Crippen LogP contribution in [0.3, 0.4) is 0 Å². The van der Waals surface area contributed by atoms with Gasteiger partial charge >= 0.3 is 0 Å². The Labute approximate surface area is 120 Å². The van der Waals surface area contributed by atoms with Crippen LogP contribution in [0.5, 0.6) is 0 Å². The van der Waals surface area contributed by atoms with E-state index in [2.05, 4.69) is 21.5 Å². The zero-order valence-corrected chi connectivity index (χ0v) is 12.1. The lowest BCUT2D eigenvalue weighted by Crippen LogP contribution is -2.58. The smallest absolute Gasteiger partial charge is 0.244 e. The Morgan fingerprint density at radius 3 is 2.75 bits per heavy atom. The van der Waals surface area contributed by atoms with E-state index in [0.717, 1.165) is 37.4 Å². The Morgan fingerprint density at radius 1 is 1.40 bits per heavy atom. The van der Waals surface area contributed by atoms with Crippen LogP contribution < -0.4 is 10.6 Å². The average molecular weight is 271 g/mol. The quantitative estimate of drug-likeness (QED) is 0.814. The highest BCUT2D eigenvalue weighted by molar-refractivity contribution is 5.97. The number of rotatable bonds is 3. The molecule has 0 saturated carbocycles. The van der Waals surface area contributed by atoms with Crippen LogP contribution in [0, 0.1) is 12.3 Å². The van der Waals surface area contributed by atoms with Gasteiger partial charge in [0, 0.05) is 37.4 Å². The third-order valence-corrected chi connectivity index (χ3v) is 3.75. The van der Waals surface area contributed by atoms with E-state index in [0.29, 0.717) is 0 Å². The highest BCUT2D eigenvalue weighted by Crippen LogP contribution is 2.19. The Kier molecular flexibility index (Phi) is 4.43. The number of carbonyl (C=O) groups is 1. The van der Waals surface area contributed by atoms with Gasteiger partial charge in [0.25, 0.3) is 0 Å². The molecule has 2 rings (SSSR count). The van der Waals surface area contributed by atoms with Crippen molar-refractivity contribution in [2.24, 2.45) is 0 Å². The lowest BCUT2D eigenvalue weighted by Gasteiger charge is -2.39. The van der Waals surface area contributed by atoms with E-state index in [-0.39, 0.29) is 5.91 Å². The molecule has 0 spiro atoms. The largest absolute Gasteiger partial charge is 0.324 e. The zero-order chi connectivity index (χ0) is 14.6. The van der Waals surface area contributed by atoms with Crippen molar-refractivity contribution in [3.63, 3.8) is 0 Å². The summed E-state index contributed by atoms with van der Waals surface area (Å²) in [4.78, 5) is 14.7. The first-order valence-electron chi connectivity index (χ1n) is 6.88. The van der Waals surface area contributed by atoms with Gasteiger partial charge in [-0.2, -0.15) is 0 Å². The first-order chi connectivity index (χ1) is 9.54. The number of hydrogen-bond acceptors (Lipinski definition) is 3. The molecule has 0 atom stereocenters. The molecule has 4 heteroatoms. The normalized spacial score (nSPS) is 16.4. The SMILES string of the molecule is C#Cc1cccc(NC(=O)C(C)(C)N2CCNCC2)c1. The molecule has 0 aliphatic carbocycles. The Morgan fingerprint density at radius 2 is 2.10 bits per heavy atom. The molecule has 1 aliphatic heterocycles. The van der Waals surface area contributed by atoms with Crippen molar-refractivity contribution >= 4 is 11.6 Å². The molecule has 0 aromatic heterocycles. The predicted molar refractivity (Wildman–Crippen MR) is 81.5 cm³/mol. The minimum atomic E-state index is -0.533. The van der Waals surface area contributed by atoms with Crippen LogP contribution in [0.1, 0.15) is 19.4 Å². The maximum atomic E-state index is 12.5. The lowest BCUT2D eigenvalue weighted by molar-refractivity contribution is -0.126. The van der Waals surface area contributed by atoms with Crippen LogP contribution in [-0.2, 0) is 4.79 Å². The van der Waals surface area contributed by atoms with Crippen LogP contribution in [0.2, 0.25) is 0 Å². The molecule has 106 valence electrons. The third kappa shape index (κ3) is 3.19. The standard InChI is InChI=1S/C16H21N3O/c1-4-13-6-5-7-14(12-13)18-15(20)16(2,3)19-10-8-17-9-11-19/h1,5-7,12,17H,8-11H2,2-3H3,(H,18,20). The molecule has 2 N–H and O–H groups in total. The van der Waals surface area contributed by atoms with Crippen molar-refractivity contribution in [3.8, 4) is 12.3 Å². The Balaban J connectivity index is 2.08. The van der Waals surface area contributed by atoms with E-state index in [1.54, 1.807) is 0 Å². The topological polar surface area (TPSA) is 44.4 Å².